The highest BCUT2D eigenvalue weighted by atomic mass is 16.4. The van der Waals surface area contributed by atoms with Crippen LogP contribution >= 0.6 is 0 Å². The van der Waals surface area contributed by atoms with E-state index in [1.807, 2.05) is 6.92 Å². The minimum absolute atomic E-state index is 0.292. The van der Waals surface area contributed by atoms with E-state index in [0.29, 0.717) is 6.42 Å². The number of aliphatic hydroxyl groups excluding tert-OH is 3. The molecule has 0 fully saturated rings. The van der Waals surface area contributed by atoms with Gasteiger partial charge < -0.3 is 20.4 Å². The molecule has 6 heteroatoms. The third kappa shape index (κ3) is 9.85. The Bertz CT molecular complexity index is 163. The zero-order chi connectivity index (χ0) is 13.3. The Morgan fingerprint density at radius 1 is 1.06 bits per heavy atom. The summed E-state index contributed by atoms with van der Waals surface area (Å²) >= 11 is 0. The molecule has 0 spiro atoms. The van der Waals surface area contributed by atoms with Crippen LogP contribution in [0.5, 0.6) is 0 Å². The lowest BCUT2D eigenvalue weighted by Gasteiger charge is -2.30. The first-order chi connectivity index (χ1) is 7.23. The van der Waals surface area contributed by atoms with Crippen molar-refractivity contribution < 1.29 is 25.2 Å². The van der Waals surface area contributed by atoms with E-state index in [9.17, 15) is 4.79 Å². The lowest BCUT2D eigenvalue weighted by atomic mass is 10.4. The van der Waals surface area contributed by atoms with Crippen molar-refractivity contribution in [3.05, 3.63) is 0 Å². The highest BCUT2D eigenvalue weighted by molar-refractivity contribution is 5.66. The van der Waals surface area contributed by atoms with Crippen LogP contribution in [0.4, 0.5) is 0 Å². The van der Waals surface area contributed by atoms with E-state index in [1.165, 1.54) is 25.7 Å². The number of rotatable bonds is 5. The zero-order valence-corrected chi connectivity index (χ0v) is 10.3. The Kier molecular flexibility index (Phi) is 10.5. The summed E-state index contributed by atoms with van der Waals surface area (Å²) in [4.78, 5) is 10.8. The Labute approximate surface area is 96.1 Å². The molecule has 0 aliphatic heterocycles. The van der Waals surface area contributed by atoms with Gasteiger partial charge >= 0.3 is 5.97 Å². The van der Waals surface area contributed by atoms with Gasteiger partial charge in [-0.3, -0.25) is 4.79 Å². The number of hydrogen-bond donors (Lipinski definition) is 4. The smallest absolute Gasteiger partial charge is 0.303 e. The topological polar surface area (TPSA) is 101 Å². The maximum Gasteiger partial charge on any atom is 0.303 e. The number of carboxylic acids is 1. The summed E-state index contributed by atoms with van der Waals surface area (Å²) in [5.41, 5.74) is 0. The molecule has 0 radical (unpaired) electrons. The van der Waals surface area contributed by atoms with Crippen LogP contribution in [0.25, 0.3) is 0 Å². The Hall–Kier alpha value is -0.690. The second-order valence-corrected chi connectivity index (χ2v) is 3.49. The van der Waals surface area contributed by atoms with Gasteiger partial charge in [-0.05, 0) is 27.2 Å². The van der Waals surface area contributed by atoms with E-state index >= 15 is 0 Å². The van der Waals surface area contributed by atoms with Gasteiger partial charge in [0.2, 0.25) is 0 Å². The summed E-state index contributed by atoms with van der Waals surface area (Å²) in [6.07, 6.45) is -1.48. The Morgan fingerprint density at radius 2 is 1.38 bits per heavy atom. The Morgan fingerprint density at radius 3 is 1.38 bits per heavy atom. The molecule has 3 unspecified atom stereocenters. The summed E-state index contributed by atoms with van der Waals surface area (Å²) < 4.78 is 0. The number of hydrogen-bond acceptors (Lipinski definition) is 5. The van der Waals surface area contributed by atoms with Gasteiger partial charge in [-0.2, -0.15) is 0 Å². The van der Waals surface area contributed by atoms with Crippen molar-refractivity contribution in [1.29, 1.82) is 0 Å². The van der Waals surface area contributed by atoms with E-state index in [-0.39, 0.29) is 0 Å². The second-order valence-electron chi connectivity index (χ2n) is 3.49. The highest BCUT2D eigenvalue weighted by Gasteiger charge is 2.20. The van der Waals surface area contributed by atoms with Crippen molar-refractivity contribution >= 4 is 5.97 Å². The van der Waals surface area contributed by atoms with Gasteiger partial charge in [-0.25, -0.2) is 4.90 Å². The van der Waals surface area contributed by atoms with E-state index in [0.717, 1.165) is 6.42 Å². The lowest BCUT2D eigenvalue weighted by molar-refractivity contribution is -0.159. The standard InChI is InChI=1S/C6H15NO3.C4H8O2/c1-4(8)7(5(2)9)6(3)10;1-2-3-4(5)6/h4-6,8-10H,1-3H3;2-3H2,1H3,(H,5,6). The van der Waals surface area contributed by atoms with Gasteiger partial charge in [0.05, 0.1) is 0 Å². The SMILES string of the molecule is CC(O)N(C(C)O)C(C)O.CCCC(=O)O. The quantitative estimate of drug-likeness (QED) is 0.509. The molecular formula is C10H23NO5. The van der Waals surface area contributed by atoms with Crippen LogP contribution < -0.4 is 0 Å². The van der Waals surface area contributed by atoms with Gasteiger partial charge in [0.15, 0.2) is 0 Å². The monoisotopic (exact) mass is 237 g/mol. The number of nitrogens with zero attached hydrogens (tertiary/aromatic N) is 1. The van der Waals surface area contributed by atoms with Gasteiger partial charge in [0.25, 0.3) is 0 Å². The summed E-state index contributed by atoms with van der Waals surface area (Å²) in [6, 6.07) is 0. The fourth-order valence-electron chi connectivity index (χ4n) is 1.15. The van der Waals surface area contributed by atoms with Crippen molar-refractivity contribution in [3.8, 4) is 0 Å². The maximum absolute atomic E-state index is 9.60. The Balaban J connectivity index is 0. The van der Waals surface area contributed by atoms with Crippen molar-refractivity contribution in [2.24, 2.45) is 0 Å². The van der Waals surface area contributed by atoms with Crippen LogP contribution in [0, 0.1) is 0 Å². The molecule has 98 valence electrons. The molecule has 16 heavy (non-hydrogen) atoms. The molecular weight excluding hydrogens is 214 g/mol. The predicted molar refractivity (Wildman–Crippen MR) is 59.4 cm³/mol. The molecule has 0 saturated heterocycles. The molecule has 0 aliphatic rings. The van der Waals surface area contributed by atoms with E-state index in [1.54, 1.807) is 0 Å². The average molecular weight is 237 g/mol. The lowest BCUT2D eigenvalue weighted by Crippen LogP contribution is -2.45. The molecule has 0 aromatic heterocycles. The molecule has 0 aliphatic carbocycles. The second kappa shape index (κ2) is 9.53. The first kappa shape index (κ1) is 17.7. The largest absolute Gasteiger partial charge is 0.481 e. The molecule has 0 heterocycles. The van der Waals surface area contributed by atoms with Gasteiger partial charge in [0.1, 0.15) is 18.7 Å². The van der Waals surface area contributed by atoms with E-state index in [2.05, 4.69) is 0 Å². The van der Waals surface area contributed by atoms with Crippen LogP contribution in [0.3, 0.4) is 0 Å². The third-order valence-corrected chi connectivity index (χ3v) is 1.76. The molecule has 0 aromatic carbocycles. The van der Waals surface area contributed by atoms with Gasteiger partial charge in [-0.15, -0.1) is 0 Å². The maximum atomic E-state index is 9.60. The highest BCUT2D eigenvalue weighted by Crippen LogP contribution is 2.04. The van der Waals surface area contributed by atoms with Crippen LogP contribution in [0.2, 0.25) is 0 Å². The van der Waals surface area contributed by atoms with E-state index in [4.69, 9.17) is 20.4 Å². The predicted octanol–water partition coefficient (Wildman–Crippen LogP) is 0.174. The van der Waals surface area contributed by atoms with Crippen molar-refractivity contribution in [2.75, 3.05) is 0 Å². The summed E-state index contributed by atoms with van der Waals surface area (Å²) in [6.45, 7) is 6.30. The van der Waals surface area contributed by atoms with Gasteiger partial charge in [-0.1, -0.05) is 6.92 Å². The van der Waals surface area contributed by atoms with Gasteiger partial charge in [0, 0.05) is 6.42 Å². The van der Waals surface area contributed by atoms with Crippen LogP contribution in [-0.2, 0) is 4.79 Å². The minimum Gasteiger partial charge on any atom is -0.481 e. The molecule has 0 bridgehead atoms. The van der Waals surface area contributed by atoms with Crippen LogP contribution in [-0.4, -0.2) is 50.0 Å². The molecule has 6 nitrogen and oxygen atoms in total. The molecule has 4 N–H and O–H groups in total. The fourth-order valence-corrected chi connectivity index (χ4v) is 1.15. The van der Waals surface area contributed by atoms with Crippen LogP contribution in [0.1, 0.15) is 40.5 Å². The fraction of sp³-hybridized carbons (Fsp3) is 0.900. The average Bonchev–Trinajstić information content (AvgIpc) is 2.00. The summed E-state index contributed by atoms with van der Waals surface area (Å²) in [7, 11) is 0. The number of aliphatic carboxylic acids is 1. The number of carboxylic acid groups (broad SMARTS) is 1. The van der Waals surface area contributed by atoms with Crippen molar-refractivity contribution in [3.63, 3.8) is 0 Å². The normalized spacial score (nSPS) is 16.0. The molecule has 3 atom stereocenters. The van der Waals surface area contributed by atoms with Crippen LogP contribution in [0.15, 0.2) is 0 Å². The van der Waals surface area contributed by atoms with E-state index < -0.39 is 24.7 Å². The molecule has 0 saturated carbocycles. The molecule has 0 aromatic rings. The number of aliphatic hydroxyl groups is 3. The first-order valence-corrected chi connectivity index (χ1v) is 5.27. The van der Waals surface area contributed by atoms with Crippen molar-refractivity contribution in [1.82, 2.24) is 4.90 Å². The third-order valence-electron chi connectivity index (χ3n) is 1.76. The zero-order valence-electron chi connectivity index (χ0n) is 10.3. The molecule has 0 amide bonds. The summed E-state index contributed by atoms with van der Waals surface area (Å²) in [5.74, 6) is -0.711. The molecule has 0 rings (SSSR count). The minimum atomic E-state index is -0.833. The summed E-state index contributed by atoms with van der Waals surface area (Å²) in [5, 5.41) is 34.8. The number of carbonyl (C=O) groups is 1. The van der Waals surface area contributed by atoms with Crippen molar-refractivity contribution in [2.45, 2.75) is 59.2 Å². The first-order valence-electron chi connectivity index (χ1n) is 5.27.